The van der Waals surface area contributed by atoms with Gasteiger partial charge in [-0.25, -0.2) is 19.3 Å². The molecule has 0 aliphatic carbocycles. The van der Waals surface area contributed by atoms with Crippen LogP contribution in [0.15, 0.2) is 42.9 Å². The van der Waals surface area contributed by atoms with Crippen LogP contribution in [0.25, 0.3) is 0 Å². The van der Waals surface area contributed by atoms with E-state index in [1.165, 1.54) is 6.07 Å². The second-order valence-electron chi connectivity index (χ2n) is 6.99. The first-order valence-corrected chi connectivity index (χ1v) is 9.55. The zero-order valence-corrected chi connectivity index (χ0v) is 16.7. The summed E-state index contributed by atoms with van der Waals surface area (Å²) < 4.78 is 18.8. The molecule has 0 spiro atoms. The number of nitrogens with one attached hydrogen (secondary N) is 1. The number of nitrogens with zero attached hydrogens (tertiary/aromatic N) is 5. The minimum absolute atomic E-state index is 0.110. The molecule has 3 aromatic rings. The van der Waals surface area contributed by atoms with Crippen molar-refractivity contribution < 1.29 is 13.9 Å². The Bertz CT molecular complexity index is 1040. The minimum atomic E-state index is -0.394. The van der Waals surface area contributed by atoms with Crippen molar-refractivity contribution in [1.29, 1.82) is 0 Å². The van der Waals surface area contributed by atoms with Gasteiger partial charge in [0.1, 0.15) is 23.6 Å². The second kappa shape index (κ2) is 8.50. The number of aryl methyl sites for hydroxylation is 2. The summed E-state index contributed by atoms with van der Waals surface area (Å²) in [7, 11) is 0. The van der Waals surface area contributed by atoms with E-state index in [-0.39, 0.29) is 12.0 Å². The number of hydrogen-bond donors (Lipinski definition) is 1. The normalized spacial score (nSPS) is 16.4. The Morgan fingerprint density at radius 3 is 2.70 bits per heavy atom. The summed E-state index contributed by atoms with van der Waals surface area (Å²) in [5.41, 5.74) is 2.61. The number of carbonyl (C=O) groups excluding carboxylic acids is 1. The van der Waals surface area contributed by atoms with E-state index in [4.69, 9.17) is 4.74 Å². The van der Waals surface area contributed by atoms with Crippen LogP contribution in [0.2, 0.25) is 0 Å². The molecular weight excluding hydrogens is 387 g/mol. The van der Waals surface area contributed by atoms with Crippen LogP contribution in [-0.2, 0) is 4.74 Å². The Labute approximate surface area is 173 Å². The van der Waals surface area contributed by atoms with Gasteiger partial charge in [-0.15, -0.1) is 0 Å². The van der Waals surface area contributed by atoms with E-state index in [9.17, 15) is 9.18 Å². The highest BCUT2D eigenvalue weighted by Crippen LogP contribution is 2.24. The van der Waals surface area contributed by atoms with Crippen LogP contribution >= 0.6 is 0 Å². The average Bonchev–Trinajstić information content (AvgIpc) is 2.76. The van der Waals surface area contributed by atoms with Crippen molar-refractivity contribution in [1.82, 2.24) is 24.8 Å². The van der Waals surface area contributed by atoms with Crippen molar-refractivity contribution in [3.63, 3.8) is 0 Å². The van der Waals surface area contributed by atoms with Gasteiger partial charge < -0.3 is 15.0 Å². The van der Waals surface area contributed by atoms with Crippen LogP contribution in [0.1, 0.15) is 33.7 Å². The van der Waals surface area contributed by atoms with Gasteiger partial charge in [0.25, 0.3) is 5.91 Å². The Kier molecular flexibility index (Phi) is 5.62. The summed E-state index contributed by atoms with van der Waals surface area (Å²) in [6.45, 7) is 4.92. The molecule has 1 N–H and O–H groups in total. The summed E-state index contributed by atoms with van der Waals surface area (Å²) >= 11 is 0. The van der Waals surface area contributed by atoms with E-state index < -0.39 is 5.82 Å². The molecule has 154 valence electrons. The Balaban J connectivity index is 1.44. The molecule has 0 aromatic carbocycles. The number of hydrogen-bond acceptors (Lipinski definition) is 7. The fourth-order valence-electron chi connectivity index (χ4n) is 3.24. The van der Waals surface area contributed by atoms with Crippen molar-refractivity contribution in [2.75, 3.05) is 25.0 Å². The molecular formula is C21H21FN6O2. The molecule has 1 aliphatic heterocycles. The van der Waals surface area contributed by atoms with Gasteiger partial charge in [-0.2, -0.15) is 0 Å². The molecule has 1 saturated heterocycles. The van der Waals surface area contributed by atoms with Crippen molar-refractivity contribution >= 4 is 17.4 Å². The topological polar surface area (TPSA) is 93.1 Å². The number of anilines is 2. The number of pyridine rings is 2. The lowest BCUT2D eigenvalue weighted by Crippen LogP contribution is -2.42. The Hall–Kier alpha value is -3.46. The third kappa shape index (κ3) is 4.41. The molecule has 9 heteroatoms. The first-order chi connectivity index (χ1) is 14.5. The summed E-state index contributed by atoms with van der Waals surface area (Å²) in [5.74, 6) is 0.654. The van der Waals surface area contributed by atoms with Crippen LogP contribution in [-0.4, -0.2) is 50.4 Å². The maximum Gasteiger partial charge on any atom is 0.257 e. The molecule has 1 aliphatic rings. The van der Waals surface area contributed by atoms with E-state index in [0.717, 1.165) is 11.9 Å². The predicted octanol–water partition coefficient (Wildman–Crippen LogP) is 2.98. The number of aromatic nitrogens is 4. The molecule has 4 heterocycles. The van der Waals surface area contributed by atoms with Gasteiger partial charge in [0.2, 0.25) is 0 Å². The molecule has 0 radical (unpaired) electrons. The van der Waals surface area contributed by atoms with E-state index in [0.29, 0.717) is 48.3 Å². The highest BCUT2D eigenvalue weighted by molar-refractivity contribution is 5.95. The SMILES string of the molecule is Cc1ncc(C(=O)N2CCO[C@@H](c3ccc(Nc4ccc(F)cn4)cn3)C2)c(C)n1. The molecule has 3 aromatic heterocycles. The van der Waals surface area contributed by atoms with Crippen LogP contribution in [0.4, 0.5) is 15.9 Å². The first kappa shape index (κ1) is 19.8. The van der Waals surface area contributed by atoms with Crippen molar-refractivity contribution in [2.24, 2.45) is 0 Å². The highest BCUT2D eigenvalue weighted by atomic mass is 19.1. The zero-order chi connectivity index (χ0) is 21.1. The van der Waals surface area contributed by atoms with E-state index >= 15 is 0 Å². The molecule has 1 atom stereocenters. The van der Waals surface area contributed by atoms with Gasteiger partial charge in [-0.05, 0) is 38.1 Å². The van der Waals surface area contributed by atoms with Crippen molar-refractivity contribution in [2.45, 2.75) is 20.0 Å². The first-order valence-electron chi connectivity index (χ1n) is 9.55. The number of morpholine rings is 1. The van der Waals surface area contributed by atoms with Crippen LogP contribution in [0, 0.1) is 19.7 Å². The smallest absolute Gasteiger partial charge is 0.257 e. The molecule has 0 unspecified atom stereocenters. The van der Waals surface area contributed by atoms with E-state index in [1.54, 1.807) is 30.3 Å². The molecule has 1 amide bonds. The number of carbonyl (C=O) groups is 1. The van der Waals surface area contributed by atoms with Gasteiger partial charge in [-0.1, -0.05) is 0 Å². The number of halogens is 1. The standard InChI is InChI=1S/C21H21FN6O2/c1-13-17(11-23-14(2)26-13)21(29)28-7-8-30-19(12-28)18-5-4-16(10-24-18)27-20-6-3-15(22)9-25-20/h3-6,9-11,19H,7-8,12H2,1-2H3,(H,25,27)/t19-/m1/s1. The summed E-state index contributed by atoms with van der Waals surface area (Å²) in [6.07, 6.45) is 4.05. The summed E-state index contributed by atoms with van der Waals surface area (Å²) in [4.78, 5) is 31.5. The number of amides is 1. The molecule has 0 saturated carbocycles. The van der Waals surface area contributed by atoms with E-state index in [2.05, 4.69) is 25.3 Å². The van der Waals surface area contributed by atoms with Crippen molar-refractivity contribution in [3.8, 4) is 0 Å². The molecule has 1 fully saturated rings. The number of rotatable bonds is 4. The van der Waals surface area contributed by atoms with Gasteiger partial charge in [0.05, 0.1) is 48.2 Å². The van der Waals surface area contributed by atoms with Crippen LogP contribution < -0.4 is 5.32 Å². The lowest BCUT2D eigenvalue weighted by molar-refractivity contribution is -0.0247. The minimum Gasteiger partial charge on any atom is -0.368 e. The maximum absolute atomic E-state index is 13.0. The third-order valence-corrected chi connectivity index (χ3v) is 4.80. The Morgan fingerprint density at radius 1 is 1.13 bits per heavy atom. The molecule has 0 bridgehead atoms. The van der Waals surface area contributed by atoms with Gasteiger partial charge in [0.15, 0.2) is 0 Å². The third-order valence-electron chi connectivity index (χ3n) is 4.80. The fourth-order valence-corrected chi connectivity index (χ4v) is 3.24. The number of ether oxygens (including phenoxy) is 1. The fraction of sp³-hybridized carbons (Fsp3) is 0.286. The quantitative estimate of drug-likeness (QED) is 0.709. The lowest BCUT2D eigenvalue weighted by Gasteiger charge is -2.33. The average molecular weight is 408 g/mol. The second-order valence-corrected chi connectivity index (χ2v) is 6.99. The highest BCUT2D eigenvalue weighted by Gasteiger charge is 2.28. The summed E-state index contributed by atoms with van der Waals surface area (Å²) in [5, 5.41) is 3.06. The molecule has 8 nitrogen and oxygen atoms in total. The largest absolute Gasteiger partial charge is 0.368 e. The predicted molar refractivity (Wildman–Crippen MR) is 108 cm³/mol. The zero-order valence-electron chi connectivity index (χ0n) is 16.7. The lowest BCUT2D eigenvalue weighted by atomic mass is 10.1. The van der Waals surface area contributed by atoms with E-state index in [1.807, 2.05) is 19.1 Å². The van der Waals surface area contributed by atoms with Crippen LogP contribution in [0.3, 0.4) is 0 Å². The Morgan fingerprint density at radius 2 is 2.00 bits per heavy atom. The molecule has 4 rings (SSSR count). The monoisotopic (exact) mass is 408 g/mol. The van der Waals surface area contributed by atoms with Gasteiger partial charge in [0, 0.05) is 12.7 Å². The summed E-state index contributed by atoms with van der Waals surface area (Å²) in [6, 6.07) is 6.56. The van der Waals surface area contributed by atoms with Crippen molar-refractivity contribution in [3.05, 3.63) is 71.4 Å². The van der Waals surface area contributed by atoms with Crippen LogP contribution in [0.5, 0.6) is 0 Å². The maximum atomic E-state index is 13.0. The van der Waals surface area contributed by atoms with Gasteiger partial charge in [-0.3, -0.25) is 9.78 Å². The van der Waals surface area contributed by atoms with Gasteiger partial charge >= 0.3 is 0 Å². The molecule has 30 heavy (non-hydrogen) atoms.